The summed E-state index contributed by atoms with van der Waals surface area (Å²) in [4.78, 5) is 25.4. The van der Waals surface area contributed by atoms with Crippen LogP contribution in [0.15, 0.2) is 0 Å². The van der Waals surface area contributed by atoms with Crippen LogP contribution in [0.1, 0.15) is 25.7 Å². The summed E-state index contributed by atoms with van der Waals surface area (Å²) in [5.74, 6) is -0.274. The number of urea groups is 1. The number of piperidine rings is 1. The summed E-state index contributed by atoms with van der Waals surface area (Å²) in [7, 11) is 1.55. The van der Waals surface area contributed by atoms with E-state index in [0.717, 1.165) is 25.8 Å². The Kier molecular flexibility index (Phi) is 8.17. The van der Waals surface area contributed by atoms with E-state index < -0.39 is 6.03 Å². The van der Waals surface area contributed by atoms with Crippen molar-refractivity contribution >= 4 is 11.9 Å². The number of hydrogen-bond donors (Lipinski definition) is 3. The van der Waals surface area contributed by atoms with Crippen LogP contribution in [0, 0.1) is 0 Å². The number of nitrogens with two attached hydrogens (primary N) is 1. The van der Waals surface area contributed by atoms with Crippen molar-refractivity contribution in [2.45, 2.75) is 31.7 Å². The minimum absolute atomic E-state index is 0.252. The van der Waals surface area contributed by atoms with Crippen molar-refractivity contribution in [1.29, 1.82) is 0 Å². The summed E-state index contributed by atoms with van der Waals surface area (Å²) in [6, 6.07) is -0.115. The highest BCUT2D eigenvalue weighted by Crippen LogP contribution is 2.18. The van der Waals surface area contributed by atoms with Crippen LogP contribution >= 0.6 is 0 Å². The van der Waals surface area contributed by atoms with Crippen LogP contribution in [0.5, 0.6) is 0 Å². The molecule has 1 aliphatic heterocycles. The third-order valence-corrected chi connectivity index (χ3v) is 3.44. The van der Waals surface area contributed by atoms with Gasteiger partial charge >= 0.3 is 6.03 Å². The van der Waals surface area contributed by atoms with Crippen LogP contribution < -0.4 is 16.4 Å². The molecule has 0 aromatic carbocycles. The standard InChI is InChI=1S/C13H26N4O3/c1-20-9-7-15-13(19)16-12(18)10-17-8-3-2-4-11(17)5-6-14/h11H,2-10,14H2,1H3,(H2,15,16,18,19). The van der Waals surface area contributed by atoms with Crippen LogP contribution in [0.4, 0.5) is 4.79 Å². The number of ether oxygens (including phenoxy) is 1. The average Bonchev–Trinajstić information content (AvgIpc) is 2.41. The van der Waals surface area contributed by atoms with Crippen molar-refractivity contribution < 1.29 is 14.3 Å². The smallest absolute Gasteiger partial charge is 0.321 e. The van der Waals surface area contributed by atoms with Crippen molar-refractivity contribution in [3.8, 4) is 0 Å². The number of likely N-dealkylation sites (tertiary alicyclic amines) is 1. The summed E-state index contributed by atoms with van der Waals surface area (Å²) < 4.78 is 4.81. The fourth-order valence-electron chi connectivity index (χ4n) is 2.45. The van der Waals surface area contributed by atoms with Crippen LogP contribution in [-0.4, -0.2) is 62.8 Å². The van der Waals surface area contributed by atoms with Crippen LogP contribution in [0.2, 0.25) is 0 Å². The van der Waals surface area contributed by atoms with Gasteiger partial charge in [-0.2, -0.15) is 0 Å². The van der Waals surface area contributed by atoms with E-state index in [1.54, 1.807) is 7.11 Å². The molecule has 0 saturated carbocycles. The van der Waals surface area contributed by atoms with E-state index in [9.17, 15) is 9.59 Å². The second-order valence-corrected chi connectivity index (χ2v) is 4.99. The number of carbonyl (C=O) groups excluding carboxylic acids is 2. The van der Waals surface area contributed by atoms with Crippen molar-refractivity contribution in [3.63, 3.8) is 0 Å². The molecule has 1 fully saturated rings. The van der Waals surface area contributed by atoms with E-state index in [1.165, 1.54) is 6.42 Å². The molecule has 1 saturated heterocycles. The molecule has 1 rings (SSSR count). The molecule has 4 N–H and O–H groups in total. The number of imide groups is 1. The Morgan fingerprint density at radius 3 is 2.90 bits per heavy atom. The number of nitrogens with one attached hydrogen (secondary N) is 2. The predicted octanol–water partition coefficient (Wildman–Crippen LogP) is -0.338. The Bertz CT molecular complexity index is 310. The third kappa shape index (κ3) is 6.31. The SMILES string of the molecule is COCCNC(=O)NC(=O)CN1CCCCC1CCN. The molecule has 1 atom stereocenters. The molecular formula is C13H26N4O3. The second kappa shape index (κ2) is 9.68. The summed E-state index contributed by atoms with van der Waals surface area (Å²) in [5.41, 5.74) is 5.60. The number of rotatable bonds is 7. The molecule has 1 unspecified atom stereocenters. The molecule has 1 heterocycles. The van der Waals surface area contributed by atoms with Gasteiger partial charge in [-0.3, -0.25) is 15.0 Å². The van der Waals surface area contributed by atoms with Gasteiger partial charge in [-0.25, -0.2) is 4.79 Å². The van der Waals surface area contributed by atoms with Gasteiger partial charge in [0.15, 0.2) is 0 Å². The van der Waals surface area contributed by atoms with E-state index in [4.69, 9.17) is 10.5 Å². The summed E-state index contributed by atoms with van der Waals surface area (Å²) in [6.07, 6.45) is 4.24. The van der Waals surface area contributed by atoms with E-state index in [1.807, 2.05) is 0 Å². The van der Waals surface area contributed by atoms with Gasteiger partial charge in [0.05, 0.1) is 13.2 Å². The zero-order chi connectivity index (χ0) is 14.8. The topological polar surface area (TPSA) is 96.7 Å². The zero-order valence-corrected chi connectivity index (χ0v) is 12.2. The Labute approximate surface area is 120 Å². The molecule has 7 nitrogen and oxygen atoms in total. The lowest BCUT2D eigenvalue weighted by Gasteiger charge is -2.34. The Balaban J connectivity index is 2.30. The Morgan fingerprint density at radius 2 is 2.20 bits per heavy atom. The van der Waals surface area contributed by atoms with E-state index in [2.05, 4.69) is 15.5 Å². The lowest BCUT2D eigenvalue weighted by atomic mass is 9.99. The third-order valence-electron chi connectivity index (χ3n) is 3.44. The maximum absolute atomic E-state index is 11.8. The molecule has 0 aliphatic carbocycles. The molecule has 7 heteroatoms. The van der Waals surface area contributed by atoms with Gasteiger partial charge in [0, 0.05) is 19.7 Å². The van der Waals surface area contributed by atoms with Crippen molar-refractivity contribution in [1.82, 2.24) is 15.5 Å². The van der Waals surface area contributed by atoms with Crippen molar-refractivity contribution in [3.05, 3.63) is 0 Å². The second-order valence-electron chi connectivity index (χ2n) is 4.99. The molecular weight excluding hydrogens is 260 g/mol. The minimum Gasteiger partial charge on any atom is -0.383 e. The number of nitrogens with zero attached hydrogens (tertiary/aromatic N) is 1. The van der Waals surface area contributed by atoms with Crippen LogP contribution in [-0.2, 0) is 9.53 Å². The molecule has 1 aliphatic rings. The quantitative estimate of drug-likeness (QED) is 0.556. The first-order valence-electron chi connectivity index (χ1n) is 7.18. The Hall–Kier alpha value is -1.18. The maximum Gasteiger partial charge on any atom is 0.321 e. The van der Waals surface area contributed by atoms with Gasteiger partial charge in [-0.1, -0.05) is 6.42 Å². The summed E-state index contributed by atoms with van der Waals surface area (Å²) in [6.45, 7) is 2.58. The van der Waals surface area contributed by atoms with E-state index >= 15 is 0 Å². The number of amides is 3. The van der Waals surface area contributed by atoms with Gasteiger partial charge in [0.25, 0.3) is 0 Å². The lowest BCUT2D eigenvalue weighted by molar-refractivity contribution is -0.122. The first-order valence-corrected chi connectivity index (χ1v) is 7.18. The van der Waals surface area contributed by atoms with Crippen molar-refractivity contribution in [2.24, 2.45) is 5.73 Å². The first kappa shape index (κ1) is 16.9. The van der Waals surface area contributed by atoms with Gasteiger partial charge < -0.3 is 15.8 Å². The predicted molar refractivity (Wildman–Crippen MR) is 76.3 cm³/mol. The van der Waals surface area contributed by atoms with Crippen LogP contribution in [0.25, 0.3) is 0 Å². The monoisotopic (exact) mass is 286 g/mol. The van der Waals surface area contributed by atoms with Gasteiger partial charge in [0.1, 0.15) is 0 Å². The highest BCUT2D eigenvalue weighted by atomic mass is 16.5. The maximum atomic E-state index is 11.8. The molecule has 0 bridgehead atoms. The summed E-state index contributed by atoms with van der Waals surface area (Å²) in [5, 5.41) is 4.89. The highest BCUT2D eigenvalue weighted by molar-refractivity contribution is 5.95. The molecule has 0 radical (unpaired) electrons. The molecule has 20 heavy (non-hydrogen) atoms. The molecule has 0 aromatic heterocycles. The average molecular weight is 286 g/mol. The molecule has 3 amide bonds. The fourth-order valence-corrected chi connectivity index (χ4v) is 2.45. The van der Waals surface area contributed by atoms with Crippen molar-refractivity contribution in [2.75, 3.05) is 39.9 Å². The van der Waals surface area contributed by atoms with E-state index in [0.29, 0.717) is 25.7 Å². The van der Waals surface area contributed by atoms with Crippen LogP contribution in [0.3, 0.4) is 0 Å². The largest absolute Gasteiger partial charge is 0.383 e. The zero-order valence-electron chi connectivity index (χ0n) is 12.2. The first-order chi connectivity index (χ1) is 9.67. The molecule has 0 aromatic rings. The number of carbonyl (C=O) groups is 2. The fraction of sp³-hybridized carbons (Fsp3) is 0.846. The highest BCUT2D eigenvalue weighted by Gasteiger charge is 2.23. The molecule has 116 valence electrons. The summed E-state index contributed by atoms with van der Waals surface area (Å²) >= 11 is 0. The number of methoxy groups -OCH3 is 1. The normalized spacial score (nSPS) is 19.6. The molecule has 0 spiro atoms. The van der Waals surface area contributed by atoms with Gasteiger partial charge in [0.2, 0.25) is 5.91 Å². The minimum atomic E-state index is -0.473. The van der Waals surface area contributed by atoms with Gasteiger partial charge in [-0.05, 0) is 32.4 Å². The lowest BCUT2D eigenvalue weighted by Crippen LogP contribution is -2.49. The Morgan fingerprint density at radius 1 is 1.40 bits per heavy atom. The van der Waals surface area contributed by atoms with E-state index in [-0.39, 0.29) is 12.5 Å². The van der Waals surface area contributed by atoms with Gasteiger partial charge in [-0.15, -0.1) is 0 Å². The number of hydrogen-bond acceptors (Lipinski definition) is 5.